The zero-order chi connectivity index (χ0) is 15.6. The smallest absolute Gasteiger partial charge is 0.404 e. The van der Waals surface area contributed by atoms with Crippen molar-refractivity contribution in [2.45, 2.75) is 6.92 Å². The quantitative estimate of drug-likeness (QED) is 0.397. The van der Waals surface area contributed by atoms with Gasteiger partial charge >= 0.3 is 6.09 Å². The maximum absolute atomic E-state index is 10.1. The normalized spacial score (nSPS) is 10.7. The van der Waals surface area contributed by atoms with Gasteiger partial charge in [-0.1, -0.05) is 0 Å². The van der Waals surface area contributed by atoms with Crippen molar-refractivity contribution >= 4 is 6.09 Å². The van der Waals surface area contributed by atoms with Crippen LogP contribution in [0.5, 0.6) is 0 Å². The molecular formula is C13H27NO7. The Hall–Kier alpha value is -0.930. The Morgan fingerprint density at radius 2 is 1.14 bits per heavy atom. The third-order valence-electron chi connectivity index (χ3n) is 2.21. The zero-order valence-corrected chi connectivity index (χ0v) is 12.7. The summed E-state index contributed by atoms with van der Waals surface area (Å²) in [7, 11) is 0. The highest BCUT2D eigenvalue weighted by atomic mass is 16.6. The average Bonchev–Trinajstić information content (AvgIpc) is 2.46. The standard InChI is InChI=1S/C13H27NO7/c1-2-17-5-6-19-9-10-21-12-11-20-8-7-18-4-3-14-13(15)16/h14H,2-12H2,1H3,(H,15,16). The first kappa shape index (κ1) is 20.1. The van der Waals surface area contributed by atoms with E-state index in [0.717, 1.165) is 0 Å². The summed E-state index contributed by atoms with van der Waals surface area (Å²) in [4.78, 5) is 10.1. The molecule has 1 amide bonds. The van der Waals surface area contributed by atoms with Gasteiger partial charge in [0.05, 0.1) is 59.5 Å². The lowest BCUT2D eigenvalue weighted by Crippen LogP contribution is -2.25. The van der Waals surface area contributed by atoms with Crippen LogP contribution >= 0.6 is 0 Å². The van der Waals surface area contributed by atoms with Crippen LogP contribution in [0, 0.1) is 0 Å². The highest BCUT2D eigenvalue weighted by molar-refractivity contribution is 5.64. The molecule has 0 rings (SSSR count). The maximum atomic E-state index is 10.1. The van der Waals surface area contributed by atoms with Gasteiger partial charge in [0.1, 0.15) is 0 Å². The average molecular weight is 309 g/mol. The van der Waals surface area contributed by atoms with Crippen LogP contribution in [-0.4, -0.2) is 83.8 Å². The lowest BCUT2D eigenvalue weighted by molar-refractivity contribution is -0.00991. The van der Waals surface area contributed by atoms with Crippen molar-refractivity contribution < 1.29 is 33.6 Å². The molecule has 8 nitrogen and oxygen atoms in total. The van der Waals surface area contributed by atoms with Crippen LogP contribution in [0.2, 0.25) is 0 Å². The number of nitrogens with one attached hydrogen (secondary N) is 1. The molecule has 0 saturated carbocycles. The molecule has 0 saturated heterocycles. The molecule has 0 aromatic carbocycles. The Morgan fingerprint density at radius 1 is 0.762 bits per heavy atom. The summed E-state index contributed by atoms with van der Waals surface area (Å²) in [6.45, 7) is 7.45. The monoisotopic (exact) mass is 309 g/mol. The molecule has 126 valence electrons. The van der Waals surface area contributed by atoms with Crippen LogP contribution in [0.25, 0.3) is 0 Å². The highest BCUT2D eigenvalue weighted by Crippen LogP contribution is 1.83. The van der Waals surface area contributed by atoms with E-state index in [1.54, 1.807) is 0 Å². The largest absolute Gasteiger partial charge is 0.465 e. The van der Waals surface area contributed by atoms with Crippen molar-refractivity contribution in [2.75, 3.05) is 72.6 Å². The minimum atomic E-state index is -1.05. The second kappa shape index (κ2) is 17.1. The predicted octanol–water partition coefficient (Wildman–Crippen LogP) is 0.357. The first-order chi connectivity index (χ1) is 10.3. The summed E-state index contributed by atoms with van der Waals surface area (Å²) >= 11 is 0. The van der Waals surface area contributed by atoms with Crippen molar-refractivity contribution in [3.63, 3.8) is 0 Å². The SMILES string of the molecule is CCOCCOCCOCCOCCOCCNC(=O)O. The van der Waals surface area contributed by atoms with Gasteiger partial charge in [0, 0.05) is 13.2 Å². The van der Waals surface area contributed by atoms with Crippen molar-refractivity contribution in [2.24, 2.45) is 0 Å². The second-order valence-electron chi connectivity index (χ2n) is 3.88. The van der Waals surface area contributed by atoms with Crippen molar-refractivity contribution in [3.8, 4) is 0 Å². The third kappa shape index (κ3) is 19.1. The number of rotatable bonds is 16. The Morgan fingerprint density at radius 3 is 1.52 bits per heavy atom. The molecule has 0 heterocycles. The van der Waals surface area contributed by atoms with E-state index >= 15 is 0 Å². The van der Waals surface area contributed by atoms with Crippen LogP contribution in [0.1, 0.15) is 6.92 Å². The number of hydrogen-bond donors (Lipinski definition) is 2. The van der Waals surface area contributed by atoms with Gasteiger partial charge in [0.2, 0.25) is 0 Å². The van der Waals surface area contributed by atoms with E-state index in [1.807, 2.05) is 6.92 Å². The number of carboxylic acid groups (broad SMARTS) is 1. The lowest BCUT2D eigenvalue weighted by Gasteiger charge is -2.07. The van der Waals surface area contributed by atoms with E-state index in [2.05, 4.69) is 5.32 Å². The second-order valence-corrected chi connectivity index (χ2v) is 3.88. The predicted molar refractivity (Wildman–Crippen MR) is 75.8 cm³/mol. The molecule has 0 atom stereocenters. The molecule has 0 aliphatic carbocycles. The van der Waals surface area contributed by atoms with E-state index in [0.29, 0.717) is 66.1 Å². The Bertz CT molecular complexity index is 229. The zero-order valence-electron chi connectivity index (χ0n) is 12.7. The maximum Gasteiger partial charge on any atom is 0.404 e. The van der Waals surface area contributed by atoms with Gasteiger partial charge in [0.15, 0.2) is 0 Å². The molecule has 0 radical (unpaired) electrons. The molecular weight excluding hydrogens is 282 g/mol. The molecule has 0 aliphatic rings. The summed E-state index contributed by atoms with van der Waals surface area (Å²) in [6.07, 6.45) is -1.05. The van der Waals surface area contributed by atoms with Gasteiger partial charge in [-0.2, -0.15) is 0 Å². The van der Waals surface area contributed by atoms with Gasteiger partial charge in [-0.25, -0.2) is 4.79 Å². The molecule has 8 heteroatoms. The number of hydrogen-bond acceptors (Lipinski definition) is 6. The number of carbonyl (C=O) groups is 1. The highest BCUT2D eigenvalue weighted by Gasteiger charge is 1.94. The Kier molecular flexibility index (Phi) is 16.4. The van der Waals surface area contributed by atoms with Gasteiger partial charge in [-0.3, -0.25) is 0 Å². The fraction of sp³-hybridized carbons (Fsp3) is 0.923. The fourth-order valence-corrected chi connectivity index (χ4v) is 1.25. The van der Waals surface area contributed by atoms with E-state index in [1.165, 1.54) is 0 Å². The first-order valence-corrected chi connectivity index (χ1v) is 7.13. The Balaban J connectivity index is 2.95. The molecule has 21 heavy (non-hydrogen) atoms. The van der Waals surface area contributed by atoms with Crippen LogP contribution in [0.15, 0.2) is 0 Å². The molecule has 0 fully saturated rings. The van der Waals surface area contributed by atoms with Gasteiger partial charge < -0.3 is 34.1 Å². The molecule has 0 bridgehead atoms. The minimum absolute atomic E-state index is 0.280. The van der Waals surface area contributed by atoms with E-state index in [9.17, 15) is 4.79 Å². The van der Waals surface area contributed by atoms with Crippen molar-refractivity contribution in [1.82, 2.24) is 5.32 Å². The van der Waals surface area contributed by atoms with Crippen LogP contribution in [0.4, 0.5) is 4.79 Å². The number of amides is 1. The van der Waals surface area contributed by atoms with Crippen LogP contribution in [0.3, 0.4) is 0 Å². The fourth-order valence-electron chi connectivity index (χ4n) is 1.25. The summed E-state index contributed by atoms with van der Waals surface area (Å²) in [5, 5.41) is 10.5. The summed E-state index contributed by atoms with van der Waals surface area (Å²) in [5.41, 5.74) is 0. The molecule has 0 unspecified atom stereocenters. The molecule has 0 aromatic rings. The van der Waals surface area contributed by atoms with Crippen LogP contribution in [-0.2, 0) is 23.7 Å². The molecule has 2 N–H and O–H groups in total. The van der Waals surface area contributed by atoms with Gasteiger partial charge in [-0.15, -0.1) is 0 Å². The Labute approximate surface area is 125 Å². The topological polar surface area (TPSA) is 95.5 Å². The van der Waals surface area contributed by atoms with E-state index < -0.39 is 6.09 Å². The molecule has 0 spiro atoms. The van der Waals surface area contributed by atoms with Crippen molar-refractivity contribution in [1.29, 1.82) is 0 Å². The summed E-state index contributed by atoms with van der Waals surface area (Å²) in [6, 6.07) is 0. The third-order valence-corrected chi connectivity index (χ3v) is 2.21. The van der Waals surface area contributed by atoms with Gasteiger partial charge in [-0.05, 0) is 6.92 Å². The van der Waals surface area contributed by atoms with Crippen molar-refractivity contribution in [3.05, 3.63) is 0 Å². The molecule has 0 aromatic heterocycles. The van der Waals surface area contributed by atoms with Gasteiger partial charge in [0.25, 0.3) is 0 Å². The summed E-state index contributed by atoms with van der Waals surface area (Å²) in [5.74, 6) is 0. The first-order valence-electron chi connectivity index (χ1n) is 7.13. The summed E-state index contributed by atoms with van der Waals surface area (Å²) < 4.78 is 26.1. The van der Waals surface area contributed by atoms with Crippen LogP contribution < -0.4 is 5.32 Å². The molecule has 0 aliphatic heterocycles. The van der Waals surface area contributed by atoms with E-state index in [4.69, 9.17) is 28.8 Å². The number of ether oxygens (including phenoxy) is 5. The lowest BCUT2D eigenvalue weighted by atomic mass is 10.6. The van der Waals surface area contributed by atoms with E-state index in [-0.39, 0.29) is 6.54 Å². The minimum Gasteiger partial charge on any atom is -0.465 e.